The first-order valence-corrected chi connectivity index (χ1v) is 11.8. The van der Waals surface area contributed by atoms with Gasteiger partial charge in [0, 0.05) is 48.6 Å². The van der Waals surface area contributed by atoms with Gasteiger partial charge in [0.1, 0.15) is 12.1 Å². The van der Waals surface area contributed by atoms with Crippen molar-refractivity contribution in [2.75, 3.05) is 31.1 Å². The number of anilines is 1. The summed E-state index contributed by atoms with van der Waals surface area (Å²) in [5.74, 6) is 0.0435. The molecule has 1 aromatic carbocycles. The Kier molecular flexibility index (Phi) is 5.69. The maximum atomic E-state index is 13.1. The number of amides is 2. The lowest BCUT2D eigenvalue weighted by molar-refractivity contribution is -0.134. The molecule has 3 aromatic rings. The number of rotatable bonds is 3. The van der Waals surface area contributed by atoms with Gasteiger partial charge in [0.25, 0.3) is 0 Å². The van der Waals surface area contributed by atoms with E-state index in [0.717, 1.165) is 21.2 Å². The molecule has 172 valence electrons. The Labute approximate surface area is 199 Å². The van der Waals surface area contributed by atoms with Gasteiger partial charge in [-0.2, -0.15) is 0 Å². The molecule has 4 heterocycles. The van der Waals surface area contributed by atoms with E-state index in [1.54, 1.807) is 17.1 Å². The number of hydrogen-bond acceptors (Lipinski definition) is 5. The van der Waals surface area contributed by atoms with E-state index in [-0.39, 0.29) is 18.5 Å². The zero-order chi connectivity index (χ0) is 23.1. The molecule has 0 saturated carbocycles. The van der Waals surface area contributed by atoms with Gasteiger partial charge in [-0.1, -0.05) is 15.9 Å². The van der Waals surface area contributed by atoms with Crippen LogP contribution in [0.15, 0.2) is 41.3 Å². The number of nitrogens with zero attached hydrogens (tertiary/aromatic N) is 6. The largest absolute Gasteiger partial charge is 0.465 e. The second-order valence-corrected chi connectivity index (χ2v) is 9.43. The minimum absolute atomic E-state index is 0.0208. The van der Waals surface area contributed by atoms with E-state index >= 15 is 0 Å². The Hall–Kier alpha value is -3.14. The number of pyridine rings is 1. The van der Waals surface area contributed by atoms with Crippen molar-refractivity contribution in [1.29, 1.82) is 0 Å². The number of carbonyl (C=O) groups is 2. The van der Waals surface area contributed by atoms with Crippen molar-refractivity contribution in [3.05, 3.63) is 52.4 Å². The second kappa shape index (κ2) is 8.66. The standard InChI is InChI=1S/C23H25BrN6O3/c1-15-11-27(20-5-4-18(24)16-6-8-28(23(32)33)12-17(16)20)9-10-30(15)21(31)13-29-14-26-19-3-2-7-25-22(19)29/h2-5,7,14-15H,6,8-13H2,1H3,(H,32,33)/t15-/m1/s1. The average molecular weight is 513 g/mol. The van der Waals surface area contributed by atoms with Crippen LogP contribution in [0.25, 0.3) is 11.2 Å². The maximum Gasteiger partial charge on any atom is 0.407 e. The van der Waals surface area contributed by atoms with Gasteiger partial charge in [-0.3, -0.25) is 4.79 Å². The van der Waals surface area contributed by atoms with Crippen molar-refractivity contribution in [2.45, 2.75) is 32.5 Å². The molecule has 2 amide bonds. The summed E-state index contributed by atoms with van der Waals surface area (Å²) in [5.41, 5.74) is 4.78. The predicted molar refractivity (Wildman–Crippen MR) is 127 cm³/mol. The Morgan fingerprint density at radius 2 is 2.00 bits per heavy atom. The van der Waals surface area contributed by atoms with Crippen LogP contribution in [0.3, 0.4) is 0 Å². The van der Waals surface area contributed by atoms with E-state index in [4.69, 9.17) is 0 Å². The molecule has 9 nitrogen and oxygen atoms in total. The van der Waals surface area contributed by atoms with Gasteiger partial charge in [-0.05, 0) is 48.7 Å². The predicted octanol–water partition coefficient (Wildman–Crippen LogP) is 2.97. The van der Waals surface area contributed by atoms with Crippen molar-refractivity contribution in [3.63, 3.8) is 0 Å². The summed E-state index contributed by atoms with van der Waals surface area (Å²) in [6.07, 6.45) is 3.17. The number of carboxylic acid groups (broad SMARTS) is 1. The van der Waals surface area contributed by atoms with Gasteiger partial charge in [-0.25, -0.2) is 14.8 Å². The molecular weight excluding hydrogens is 488 g/mol. The zero-order valence-electron chi connectivity index (χ0n) is 18.3. The third kappa shape index (κ3) is 4.03. The molecule has 1 N–H and O–H groups in total. The van der Waals surface area contributed by atoms with E-state index in [1.807, 2.05) is 23.1 Å². The molecule has 0 radical (unpaired) electrons. The molecule has 0 spiro atoms. The third-order valence-electron chi connectivity index (χ3n) is 6.57. The number of imidazole rings is 1. The first kappa shape index (κ1) is 21.7. The van der Waals surface area contributed by atoms with Crippen molar-refractivity contribution < 1.29 is 14.7 Å². The lowest BCUT2D eigenvalue weighted by atomic mass is 9.97. The number of hydrogen-bond donors (Lipinski definition) is 1. The van der Waals surface area contributed by atoms with Crippen molar-refractivity contribution in [1.82, 2.24) is 24.3 Å². The van der Waals surface area contributed by atoms with Gasteiger partial charge < -0.3 is 24.4 Å². The normalized spacial score (nSPS) is 18.5. The molecule has 0 unspecified atom stereocenters. The molecule has 2 aromatic heterocycles. The van der Waals surface area contributed by atoms with Crippen LogP contribution in [0.2, 0.25) is 0 Å². The monoisotopic (exact) mass is 512 g/mol. The topological polar surface area (TPSA) is 94.8 Å². The molecule has 5 rings (SSSR count). The van der Waals surface area contributed by atoms with Crippen LogP contribution in [-0.2, 0) is 24.3 Å². The molecular formula is C23H25BrN6O3. The Bertz CT molecular complexity index is 1230. The highest BCUT2D eigenvalue weighted by Crippen LogP contribution is 2.35. The van der Waals surface area contributed by atoms with Crippen LogP contribution in [0.4, 0.5) is 10.5 Å². The molecule has 10 heteroatoms. The van der Waals surface area contributed by atoms with Crippen molar-refractivity contribution in [2.24, 2.45) is 0 Å². The van der Waals surface area contributed by atoms with Gasteiger partial charge >= 0.3 is 6.09 Å². The van der Waals surface area contributed by atoms with Crippen LogP contribution in [-0.4, -0.2) is 73.7 Å². The fourth-order valence-corrected chi connectivity index (χ4v) is 5.44. The minimum atomic E-state index is -0.892. The Morgan fingerprint density at radius 3 is 2.79 bits per heavy atom. The number of benzene rings is 1. The summed E-state index contributed by atoms with van der Waals surface area (Å²) in [5, 5.41) is 9.49. The van der Waals surface area contributed by atoms with Crippen LogP contribution in [0.1, 0.15) is 18.1 Å². The third-order valence-corrected chi connectivity index (χ3v) is 7.31. The van der Waals surface area contributed by atoms with E-state index in [9.17, 15) is 14.7 Å². The fraction of sp³-hybridized carbons (Fsp3) is 0.391. The number of fused-ring (bicyclic) bond motifs is 2. The SMILES string of the molecule is C[C@@H]1CN(c2ccc(Br)c3c2CN(C(=O)O)CC3)CCN1C(=O)Cn1cnc2cccnc21. The van der Waals surface area contributed by atoms with Crippen LogP contribution < -0.4 is 4.90 Å². The summed E-state index contributed by atoms with van der Waals surface area (Å²) in [6, 6.07) is 7.84. The molecule has 0 aliphatic carbocycles. The van der Waals surface area contributed by atoms with Crippen LogP contribution in [0, 0.1) is 0 Å². The highest BCUT2D eigenvalue weighted by molar-refractivity contribution is 9.10. The van der Waals surface area contributed by atoms with E-state index in [2.05, 4.69) is 43.8 Å². The van der Waals surface area contributed by atoms with Crippen molar-refractivity contribution in [3.8, 4) is 0 Å². The minimum Gasteiger partial charge on any atom is -0.465 e. The number of carbonyl (C=O) groups excluding carboxylic acids is 1. The molecule has 33 heavy (non-hydrogen) atoms. The molecule has 0 bridgehead atoms. The summed E-state index contributed by atoms with van der Waals surface area (Å²) >= 11 is 3.63. The quantitative estimate of drug-likeness (QED) is 0.579. The van der Waals surface area contributed by atoms with Gasteiger partial charge in [0.2, 0.25) is 5.91 Å². The molecule has 2 aliphatic heterocycles. The van der Waals surface area contributed by atoms with Gasteiger partial charge in [-0.15, -0.1) is 0 Å². The molecule has 1 fully saturated rings. The van der Waals surface area contributed by atoms with Gasteiger partial charge in [0.15, 0.2) is 5.65 Å². The summed E-state index contributed by atoms with van der Waals surface area (Å²) in [4.78, 5) is 39.0. The van der Waals surface area contributed by atoms with Crippen LogP contribution in [0.5, 0.6) is 0 Å². The fourth-order valence-electron chi connectivity index (χ4n) is 4.87. The smallest absolute Gasteiger partial charge is 0.407 e. The first-order valence-electron chi connectivity index (χ1n) is 11.0. The Morgan fingerprint density at radius 1 is 1.15 bits per heavy atom. The van der Waals surface area contributed by atoms with E-state index in [0.29, 0.717) is 44.8 Å². The average Bonchev–Trinajstić information content (AvgIpc) is 3.21. The lowest BCUT2D eigenvalue weighted by Crippen LogP contribution is -2.55. The lowest BCUT2D eigenvalue weighted by Gasteiger charge is -2.42. The number of piperazine rings is 1. The maximum absolute atomic E-state index is 13.1. The number of aromatic nitrogens is 3. The van der Waals surface area contributed by atoms with Crippen molar-refractivity contribution >= 4 is 44.8 Å². The van der Waals surface area contributed by atoms with Gasteiger partial charge in [0.05, 0.1) is 12.9 Å². The molecule has 2 aliphatic rings. The summed E-state index contributed by atoms with van der Waals surface area (Å²) in [6.45, 7) is 5.14. The number of halogens is 1. The second-order valence-electron chi connectivity index (χ2n) is 8.58. The zero-order valence-corrected chi connectivity index (χ0v) is 19.9. The highest BCUT2D eigenvalue weighted by atomic mass is 79.9. The highest BCUT2D eigenvalue weighted by Gasteiger charge is 2.31. The molecule has 1 saturated heterocycles. The first-order chi connectivity index (χ1) is 15.9. The Balaban J connectivity index is 1.32. The summed E-state index contributed by atoms with van der Waals surface area (Å²) < 4.78 is 2.82. The summed E-state index contributed by atoms with van der Waals surface area (Å²) in [7, 11) is 0. The van der Waals surface area contributed by atoms with E-state index in [1.165, 1.54) is 10.5 Å². The van der Waals surface area contributed by atoms with E-state index < -0.39 is 6.09 Å². The molecule has 1 atom stereocenters. The van der Waals surface area contributed by atoms with Crippen LogP contribution >= 0.6 is 15.9 Å².